The lowest BCUT2D eigenvalue weighted by Gasteiger charge is -2.39. The summed E-state index contributed by atoms with van der Waals surface area (Å²) in [5, 5.41) is 3.81. The van der Waals surface area contributed by atoms with Gasteiger partial charge in [-0.2, -0.15) is 4.31 Å². The Morgan fingerprint density at radius 2 is 1.71 bits per heavy atom. The number of para-hydroxylation sites is 1. The minimum absolute atomic E-state index is 0.0132. The second-order valence-electron chi connectivity index (χ2n) is 11.7. The number of carbonyl (C=O) groups excluding carboxylic acids is 2. The van der Waals surface area contributed by atoms with Crippen molar-refractivity contribution in [2.75, 3.05) is 38.5 Å². The molecular weight excluding hydrogens is 546 g/mol. The first-order valence-corrected chi connectivity index (χ1v) is 16.3. The van der Waals surface area contributed by atoms with Gasteiger partial charge in [0.05, 0.1) is 11.3 Å². The van der Waals surface area contributed by atoms with E-state index in [1.54, 1.807) is 15.5 Å². The maximum absolute atomic E-state index is 13.1. The number of hydrogen-bond acceptors (Lipinski definition) is 7. The lowest BCUT2D eigenvalue weighted by molar-refractivity contribution is -0.129. The van der Waals surface area contributed by atoms with Crippen molar-refractivity contribution in [2.24, 2.45) is 0 Å². The zero-order valence-corrected chi connectivity index (χ0v) is 24.9. The Morgan fingerprint density at radius 3 is 2.34 bits per heavy atom. The molecule has 0 spiro atoms. The molecule has 1 N–H and O–H groups in total. The van der Waals surface area contributed by atoms with Crippen LogP contribution in [0, 0.1) is 0 Å². The predicted octanol–water partition coefficient (Wildman–Crippen LogP) is 2.55. The van der Waals surface area contributed by atoms with Gasteiger partial charge in [-0.25, -0.2) is 13.2 Å². The van der Waals surface area contributed by atoms with Crippen molar-refractivity contribution in [3.8, 4) is 5.75 Å². The highest BCUT2D eigenvalue weighted by molar-refractivity contribution is 7.89. The lowest BCUT2D eigenvalue weighted by Crippen LogP contribution is -2.52. The Morgan fingerprint density at radius 1 is 1.05 bits per heavy atom. The molecule has 12 heteroatoms. The van der Waals surface area contributed by atoms with E-state index in [9.17, 15) is 22.8 Å². The van der Waals surface area contributed by atoms with Gasteiger partial charge in [0.1, 0.15) is 0 Å². The van der Waals surface area contributed by atoms with Crippen LogP contribution < -0.4 is 15.6 Å². The van der Waals surface area contributed by atoms with Crippen LogP contribution in [0.5, 0.6) is 5.75 Å². The second-order valence-corrected chi connectivity index (χ2v) is 13.8. The summed E-state index contributed by atoms with van der Waals surface area (Å²) in [6.45, 7) is 7.64. The number of fused-ring (bicyclic) bond motifs is 3. The summed E-state index contributed by atoms with van der Waals surface area (Å²) in [4.78, 5) is 41.6. The average Bonchev–Trinajstić information content (AvgIpc) is 3.16. The SMILES string of the molecule is CC(=O)N1CCN(S(=O)(=O)CCCN2[C@@H]3CC[C@H]2CC(NC(=O)Oc2cc4ccccc4n(C(C)C)c2=O)C3)CC1. The van der Waals surface area contributed by atoms with Crippen LogP contribution >= 0.6 is 0 Å². The largest absolute Gasteiger partial charge is 0.413 e. The van der Waals surface area contributed by atoms with E-state index in [0.29, 0.717) is 39.1 Å². The van der Waals surface area contributed by atoms with Crippen LogP contribution in [0.2, 0.25) is 0 Å². The summed E-state index contributed by atoms with van der Waals surface area (Å²) >= 11 is 0. The van der Waals surface area contributed by atoms with Crippen molar-refractivity contribution >= 4 is 32.9 Å². The molecule has 2 bridgehead atoms. The predicted molar refractivity (Wildman–Crippen MR) is 157 cm³/mol. The standard InChI is InChI=1S/C29H41N5O6S/c1-20(2)34-26-8-5-4-7-22(26)17-27(28(34)36)40-29(37)30-23-18-24-9-10-25(19-23)33(24)11-6-16-41(38,39)32-14-12-31(13-15-32)21(3)35/h4-5,7-8,17,20,23-25H,6,9-16,18-19H2,1-3H3,(H,30,37)/t23?,24-,25+. The van der Waals surface area contributed by atoms with Gasteiger partial charge in [-0.1, -0.05) is 18.2 Å². The van der Waals surface area contributed by atoms with Crippen LogP contribution in [0.1, 0.15) is 58.9 Å². The zero-order chi connectivity index (χ0) is 29.3. The topological polar surface area (TPSA) is 121 Å². The average molecular weight is 588 g/mol. The minimum atomic E-state index is -3.36. The zero-order valence-electron chi connectivity index (χ0n) is 24.1. The third-order valence-electron chi connectivity index (χ3n) is 8.73. The summed E-state index contributed by atoms with van der Waals surface area (Å²) in [6.07, 6.45) is 3.48. The van der Waals surface area contributed by atoms with Gasteiger partial charge in [-0.15, -0.1) is 0 Å². The number of nitrogens with zero attached hydrogens (tertiary/aromatic N) is 4. The molecule has 0 saturated carbocycles. The number of pyridine rings is 1. The van der Waals surface area contributed by atoms with E-state index in [1.807, 2.05) is 38.1 Å². The molecule has 3 atom stereocenters. The first-order valence-electron chi connectivity index (χ1n) is 14.6. The van der Waals surface area contributed by atoms with Crippen molar-refractivity contribution in [1.29, 1.82) is 0 Å². The molecule has 3 saturated heterocycles. The summed E-state index contributed by atoms with van der Waals surface area (Å²) in [5.74, 6) is 0.0856. The fourth-order valence-corrected chi connectivity index (χ4v) is 8.21. The monoisotopic (exact) mass is 587 g/mol. The Kier molecular flexibility index (Phi) is 8.72. The van der Waals surface area contributed by atoms with Gasteiger partial charge in [-0.05, 0) is 64.6 Å². The van der Waals surface area contributed by atoms with Gasteiger partial charge in [0, 0.05) is 62.7 Å². The number of sulfonamides is 1. The van der Waals surface area contributed by atoms with E-state index >= 15 is 0 Å². The molecule has 41 heavy (non-hydrogen) atoms. The third-order valence-corrected chi connectivity index (χ3v) is 10.7. The van der Waals surface area contributed by atoms with E-state index in [-0.39, 0.29) is 47.1 Å². The van der Waals surface area contributed by atoms with Crippen molar-refractivity contribution in [3.63, 3.8) is 0 Å². The third kappa shape index (κ3) is 6.44. The number of piperazine rings is 1. The smallest absolute Gasteiger partial charge is 0.404 e. The number of ether oxygens (including phenoxy) is 1. The van der Waals surface area contributed by atoms with Crippen molar-refractivity contribution in [3.05, 3.63) is 40.7 Å². The van der Waals surface area contributed by atoms with Gasteiger partial charge in [0.2, 0.25) is 15.9 Å². The first-order chi connectivity index (χ1) is 19.5. The quantitative estimate of drug-likeness (QED) is 0.504. The Hall–Kier alpha value is -2.96. The highest BCUT2D eigenvalue weighted by Crippen LogP contribution is 2.36. The van der Waals surface area contributed by atoms with Crippen LogP contribution in [0.3, 0.4) is 0 Å². The number of benzene rings is 1. The van der Waals surface area contributed by atoms with Crippen LogP contribution in [0.15, 0.2) is 35.1 Å². The fourth-order valence-electron chi connectivity index (χ4n) is 6.74. The number of hydrogen-bond donors (Lipinski definition) is 1. The highest BCUT2D eigenvalue weighted by atomic mass is 32.2. The summed E-state index contributed by atoms with van der Waals surface area (Å²) in [5.41, 5.74) is 0.465. The lowest BCUT2D eigenvalue weighted by atomic mass is 9.97. The van der Waals surface area contributed by atoms with Gasteiger partial charge in [-0.3, -0.25) is 14.5 Å². The number of rotatable bonds is 8. The van der Waals surface area contributed by atoms with Crippen molar-refractivity contribution < 1.29 is 22.7 Å². The number of nitrogens with one attached hydrogen (secondary N) is 1. The maximum Gasteiger partial charge on any atom is 0.413 e. The molecule has 1 unspecified atom stereocenters. The Labute approximate surface area is 241 Å². The number of amides is 2. The molecule has 4 heterocycles. The van der Waals surface area contributed by atoms with E-state index in [1.165, 1.54) is 11.2 Å². The normalized spacial score (nSPS) is 23.7. The molecule has 1 aromatic carbocycles. The molecule has 224 valence electrons. The van der Waals surface area contributed by atoms with E-state index in [2.05, 4.69) is 10.2 Å². The highest BCUT2D eigenvalue weighted by Gasteiger charge is 2.41. The van der Waals surface area contributed by atoms with Crippen LogP contribution in [0.4, 0.5) is 4.79 Å². The fraction of sp³-hybridized carbons (Fsp3) is 0.621. The molecule has 3 fully saturated rings. The molecule has 5 rings (SSSR count). The molecule has 1 aromatic heterocycles. The van der Waals surface area contributed by atoms with Crippen LogP contribution in [0.25, 0.3) is 10.9 Å². The number of aromatic nitrogens is 1. The molecule has 3 aliphatic rings. The summed E-state index contributed by atoms with van der Waals surface area (Å²) in [7, 11) is -3.36. The van der Waals surface area contributed by atoms with E-state index in [4.69, 9.17) is 4.74 Å². The van der Waals surface area contributed by atoms with Crippen LogP contribution in [-0.2, 0) is 14.8 Å². The number of piperidine rings is 1. The van der Waals surface area contributed by atoms with E-state index in [0.717, 1.165) is 36.6 Å². The molecule has 2 amide bonds. The molecule has 11 nitrogen and oxygen atoms in total. The Balaban J connectivity index is 1.13. The first kappa shape index (κ1) is 29.5. The van der Waals surface area contributed by atoms with Gasteiger partial charge in [0.15, 0.2) is 5.75 Å². The summed E-state index contributed by atoms with van der Waals surface area (Å²) in [6, 6.07) is 9.57. The minimum Gasteiger partial charge on any atom is -0.404 e. The van der Waals surface area contributed by atoms with E-state index < -0.39 is 16.1 Å². The van der Waals surface area contributed by atoms with Crippen LogP contribution in [-0.4, -0.2) is 95.7 Å². The van der Waals surface area contributed by atoms with Gasteiger partial charge >= 0.3 is 6.09 Å². The molecule has 0 aliphatic carbocycles. The maximum atomic E-state index is 13.1. The molecule has 0 radical (unpaired) electrons. The second kappa shape index (κ2) is 12.1. The molecular formula is C29H41N5O6S. The van der Waals surface area contributed by atoms with Crippen molar-refractivity contribution in [1.82, 2.24) is 24.0 Å². The Bertz CT molecular complexity index is 1440. The van der Waals surface area contributed by atoms with Gasteiger partial charge < -0.3 is 19.5 Å². The number of carbonyl (C=O) groups is 2. The van der Waals surface area contributed by atoms with Gasteiger partial charge in [0.25, 0.3) is 5.56 Å². The summed E-state index contributed by atoms with van der Waals surface area (Å²) < 4.78 is 34.5. The molecule has 3 aliphatic heterocycles. The van der Waals surface area contributed by atoms with Crippen molar-refractivity contribution in [2.45, 2.75) is 77.0 Å². The molecule has 2 aromatic rings.